The van der Waals surface area contributed by atoms with Crippen LogP contribution in [0.15, 0.2) is 57.0 Å². The summed E-state index contributed by atoms with van der Waals surface area (Å²) >= 11 is 0. The molecule has 0 atom stereocenters. The first-order valence-corrected chi connectivity index (χ1v) is 12.2. The zero-order valence-corrected chi connectivity index (χ0v) is 18.2. The molecule has 1 aliphatic rings. The lowest BCUT2D eigenvalue weighted by atomic mass is 10.0. The van der Waals surface area contributed by atoms with Gasteiger partial charge in [-0.05, 0) is 48.6 Å². The Balaban J connectivity index is 1.52. The summed E-state index contributed by atoms with van der Waals surface area (Å²) in [6, 6.07) is 10.4. The number of sulfonamides is 1. The van der Waals surface area contributed by atoms with E-state index in [1.807, 2.05) is 12.1 Å². The molecule has 0 aliphatic heterocycles. The number of hydrogen-bond donors (Lipinski definition) is 3. The van der Waals surface area contributed by atoms with Gasteiger partial charge in [0.15, 0.2) is 5.96 Å². The first kappa shape index (κ1) is 22.4. The van der Waals surface area contributed by atoms with Crippen LogP contribution in [0.2, 0.25) is 0 Å². The van der Waals surface area contributed by atoms with E-state index in [1.165, 1.54) is 44.2 Å². The molecule has 2 aromatic rings. The van der Waals surface area contributed by atoms with E-state index >= 15 is 0 Å². The van der Waals surface area contributed by atoms with Gasteiger partial charge in [0.2, 0.25) is 10.0 Å². The Morgan fingerprint density at radius 3 is 2.50 bits per heavy atom. The summed E-state index contributed by atoms with van der Waals surface area (Å²) in [5.74, 6) is 2.57. The number of nitrogens with two attached hydrogens (primary N) is 1. The number of hydrogen-bond acceptors (Lipinski definition) is 4. The van der Waals surface area contributed by atoms with Gasteiger partial charge in [-0.3, -0.25) is 0 Å². The number of rotatable bonds is 10. The highest BCUT2D eigenvalue weighted by molar-refractivity contribution is 7.89. The molecule has 3 rings (SSSR count). The number of aliphatic imine (C=N–C) groups is 1. The predicted molar refractivity (Wildman–Crippen MR) is 119 cm³/mol. The Morgan fingerprint density at radius 1 is 1.10 bits per heavy atom. The molecule has 1 aromatic carbocycles. The molecule has 1 aliphatic carbocycles. The van der Waals surface area contributed by atoms with Crippen LogP contribution >= 0.6 is 0 Å². The van der Waals surface area contributed by atoms with Crippen molar-refractivity contribution in [3.05, 3.63) is 54.0 Å². The van der Waals surface area contributed by atoms with Crippen molar-refractivity contribution in [1.29, 1.82) is 0 Å². The molecule has 8 heteroatoms. The van der Waals surface area contributed by atoms with Gasteiger partial charge in [0.05, 0.1) is 17.7 Å². The highest BCUT2D eigenvalue weighted by Gasteiger charge is 2.14. The van der Waals surface area contributed by atoms with Crippen molar-refractivity contribution in [3.63, 3.8) is 0 Å². The number of nitrogens with one attached hydrogen (secondary N) is 2. The molecule has 0 saturated heterocycles. The molecule has 0 bridgehead atoms. The average molecular weight is 433 g/mol. The van der Waals surface area contributed by atoms with Gasteiger partial charge in [-0.15, -0.1) is 0 Å². The van der Waals surface area contributed by atoms with Gasteiger partial charge in [0.25, 0.3) is 0 Å². The molecule has 4 N–H and O–H groups in total. The Hall–Kier alpha value is -2.32. The normalized spacial score (nSPS) is 15.4. The Kier molecular flexibility index (Phi) is 8.33. The third-order valence-electron chi connectivity index (χ3n) is 5.47. The molecule has 0 unspecified atom stereocenters. The van der Waals surface area contributed by atoms with Crippen LogP contribution in [0.25, 0.3) is 0 Å². The van der Waals surface area contributed by atoms with Crippen molar-refractivity contribution in [3.8, 4) is 0 Å². The Morgan fingerprint density at radius 2 is 1.83 bits per heavy atom. The molecule has 164 valence electrons. The lowest BCUT2D eigenvalue weighted by Crippen LogP contribution is -2.39. The summed E-state index contributed by atoms with van der Waals surface area (Å²) in [6.45, 7) is 2.05. The number of nitrogens with zero attached hydrogens (tertiary/aromatic N) is 1. The van der Waals surface area contributed by atoms with Gasteiger partial charge in [0.1, 0.15) is 5.76 Å². The highest BCUT2D eigenvalue weighted by atomic mass is 32.2. The second-order valence-corrected chi connectivity index (χ2v) is 9.39. The average Bonchev–Trinajstić information content (AvgIpc) is 3.42. The third kappa shape index (κ3) is 7.50. The van der Waals surface area contributed by atoms with Gasteiger partial charge in [0, 0.05) is 19.5 Å². The van der Waals surface area contributed by atoms with E-state index in [9.17, 15) is 8.42 Å². The molecule has 0 amide bonds. The minimum Gasteiger partial charge on any atom is -0.469 e. The van der Waals surface area contributed by atoms with Crippen LogP contribution in [0.5, 0.6) is 0 Å². The molecule has 0 radical (unpaired) electrons. The van der Waals surface area contributed by atoms with E-state index in [-0.39, 0.29) is 4.90 Å². The number of guanidine groups is 1. The second kappa shape index (κ2) is 11.2. The van der Waals surface area contributed by atoms with Crippen molar-refractivity contribution in [2.24, 2.45) is 16.0 Å². The maximum atomic E-state index is 11.4. The molecule has 1 heterocycles. The van der Waals surface area contributed by atoms with Crippen molar-refractivity contribution >= 4 is 16.0 Å². The molecule has 1 fully saturated rings. The summed E-state index contributed by atoms with van der Waals surface area (Å²) in [4.78, 5) is 4.77. The topological polar surface area (TPSA) is 110 Å². The van der Waals surface area contributed by atoms with Gasteiger partial charge in [-0.2, -0.15) is 0 Å². The zero-order valence-electron chi connectivity index (χ0n) is 17.3. The number of primary sulfonamides is 1. The van der Waals surface area contributed by atoms with E-state index in [4.69, 9.17) is 9.56 Å². The summed E-state index contributed by atoms with van der Waals surface area (Å²) in [5.41, 5.74) is 0.917. The smallest absolute Gasteiger partial charge is 0.238 e. The van der Waals surface area contributed by atoms with E-state index < -0.39 is 10.0 Å². The van der Waals surface area contributed by atoms with Crippen molar-refractivity contribution in [2.75, 3.05) is 13.1 Å². The summed E-state index contributed by atoms with van der Waals surface area (Å²) in [7, 11) is -3.68. The molecule has 30 heavy (non-hydrogen) atoms. The summed E-state index contributed by atoms with van der Waals surface area (Å²) < 4.78 is 28.2. The van der Waals surface area contributed by atoms with Crippen molar-refractivity contribution in [1.82, 2.24) is 10.6 Å². The SMILES string of the molecule is NS(=O)(=O)c1ccc(CN=C(NCCCC2CCCC2)NCCc2ccco2)cc1. The fourth-order valence-electron chi connectivity index (χ4n) is 3.78. The first-order valence-electron chi connectivity index (χ1n) is 10.7. The van der Waals surface area contributed by atoms with Crippen LogP contribution in [-0.4, -0.2) is 27.5 Å². The monoisotopic (exact) mass is 432 g/mol. The molecule has 1 saturated carbocycles. The summed E-state index contributed by atoms with van der Waals surface area (Å²) in [6.07, 6.45) is 10.4. The number of benzene rings is 1. The van der Waals surface area contributed by atoms with E-state index in [0.29, 0.717) is 13.1 Å². The lowest BCUT2D eigenvalue weighted by molar-refractivity contribution is 0.481. The van der Waals surface area contributed by atoms with Crippen LogP contribution in [0.3, 0.4) is 0 Å². The van der Waals surface area contributed by atoms with Crippen LogP contribution in [0.4, 0.5) is 0 Å². The van der Waals surface area contributed by atoms with E-state index in [1.54, 1.807) is 18.4 Å². The van der Waals surface area contributed by atoms with Gasteiger partial charge < -0.3 is 15.1 Å². The Bertz CT molecular complexity index is 887. The largest absolute Gasteiger partial charge is 0.469 e. The van der Waals surface area contributed by atoms with Crippen molar-refractivity contribution in [2.45, 2.75) is 56.4 Å². The first-order chi connectivity index (χ1) is 14.5. The van der Waals surface area contributed by atoms with Crippen LogP contribution in [-0.2, 0) is 23.0 Å². The maximum absolute atomic E-state index is 11.4. The van der Waals surface area contributed by atoms with Crippen LogP contribution in [0.1, 0.15) is 49.8 Å². The Labute approximate surface area is 179 Å². The molecular formula is C22H32N4O3S. The highest BCUT2D eigenvalue weighted by Crippen LogP contribution is 2.28. The standard InChI is InChI=1S/C22H32N4O3S/c23-30(27,28)21-11-9-19(10-12-21)17-26-22(25-15-13-20-8-4-16-29-20)24-14-3-7-18-5-1-2-6-18/h4,8-12,16,18H,1-3,5-7,13-15,17H2,(H2,23,27,28)(H2,24,25,26). The van der Waals surface area contributed by atoms with Crippen molar-refractivity contribution < 1.29 is 12.8 Å². The minimum atomic E-state index is -3.68. The van der Waals surface area contributed by atoms with Gasteiger partial charge >= 0.3 is 0 Å². The quantitative estimate of drug-likeness (QED) is 0.303. The van der Waals surface area contributed by atoms with E-state index in [0.717, 1.165) is 42.6 Å². The predicted octanol–water partition coefficient (Wildman–Crippen LogP) is 3.18. The molecular weight excluding hydrogens is 400 g/mol. The maximum Gasteiger partial charge on any atom is 0.238 e. The van der Waals surface area contributed by atoms with Crippen LogP contribution < -0.4 is 15.8 Å². The van der Waals surface area contributed by atoms with Crippen LogP contribution in [0, 0.1) is 5.92 Å². The molecule has 1 aromatic heterocycles. The third-order valence-corrected chi connectivity index (χ3v) is 6.40. The summed E-state index contributed by atoms with van der Waals surface area (Å²) in [5, 5.41) is 11.9. The minimum absolute atomic E-state index is 0.108. The van der Waals surface area contributed by atoms with E-state index in [2.05, 4.69) is 15.6 Å². The van der Waals surface area contributed by atoms with Gasteiger partial charge in [-0.25, -0.2) is 18.5 Å². The fourth-order valence-corrected chi connectivity index (χ4v) is 4.30. The zero-order chi connectivity index (χ0) is 21.2. The number of furan rings is 1. The van der Waals surface area contributed by atoms with Gasteiger partial charge in [-0.1, -0.05) is 37.8 Å². The fraction of sp³-hybridized carbons (Fsp3) is 0.500. The molecule has 0 spiro atoms. The second-order valence-electron chi connectivity index (χ2n) is 7.83. The molecule has 7 nitrogen and oxygen atoms in total. The lowest BCUT2D eigenvalue weighted by Gasteiger charge is -2.14.